The highest BCUT2D eigenvalue weighted by Crippen LogP contribution is 2.37. The molecule has 1 aromatic carbocycles. The summed E-state index contributed by atoms with van der Waals surface area (Å²) in [5, 5.41) is 9.69. The molecule has 1 aliphatic rings. The molecule has 6 heteroatoms. The number of carbonyl (C=O) groups excluding carboxylic acids is 2. The normalized spacial score (nSPS) is 16.2. The van der Waals surface area contributed by atoms with Crippen LogP contribution in [0.5, 0.6) is 0 Å². The van der Waals surface area contributed by atoms with Gasteiger partial charge in [0.25, 0.3) is 11.8 Å². The molecule has 2 rings (SSSR count). The zero-order valence-corrected chi connectivity index (χ0v) is 11.5. The quantitative estimate of drug-likeness (QED) is 0.819. The summed E-state index contributed by atoms with van der Waals surface area (Å²) in [4.78, 5) is 23.8. The number of rotatable bonds is 2. The molecular formula is C14H14ClN3O2. The molecule has 2 N–H and O–H groups in total. The predicted octanol–water partition coefficient (Wildman–Crippen LogP) is 2.18. The third-order valence-electron chi connectivity index (χ3n) is 3.50. The van der Waals surface area contributed by atoms with Gasteiger partial charge in [0.05, 0.1) is 6.07 Å². The van der Waals surface area contributed by atoms with Gasteiger partial charge in [-0.1, -0.05) is 24.4 Å². The molecule has 0 spiro atoms. The van der Waals surface area contributed by atoms with Crippen molar-refractivity contribution in [1.29, 1.82) is 5.26 Å². The van der Waals surface area contributed by atoms with Crippen LogP contribution in [0, 0.1) is 16.7 Å². The van der Waals surface area contributed by atoms with Gasteiger partial charge in [-0.2, -0.15) is 5.26 Å². The fourth-order valence-electron chi connectivity index (χ4n) is 2.27. The van der Waals surface area contributed by atoms with Crippen molar-refractivity contribution in [1.82, 2.24) is 10.9 Å². The maximum Gasteiger partial charge on any atom is 0.269 e. The van der Waals surface area contributed by atoms with Crippen LogP contribution in [0.15, 0.2) is 24.3 Å². The summed E-state index contributed by atoms with van der Waals surface area (Å²) < 4.78 is 0. The smallest absolute Gasteiger partial charge is 0.269 e. The molecule has 0 radical (unpaired) electrons. The summed E-state index contributed by atoms with van der Waals surface area (Å²) in [5.74, 6) is -0.888. The number of nitrogens with zero attached hydrogens (tertiary/aromatic N) is 1. The molecule has 0 saturated heterocycles. The molecule has 1 aromatic rings. The van der Waals surface area contributed by atoms with Crippen LogP contribution in [-0.2, 0) is 4.79 Å². The summed E-state index contributed by atoms with van der Waals surface area (Å²) >= 11 is 5.73. The molecular weight excluding hydrogens is 278 g/mol. The number of amides is 2. The Morgan fingerprint density at radius 2 is 1.75 bits per heavy atom. The van der Waals surface area contributed by atoms with Gasteiger partial charge < -0.3 is 0 Å². The number of benzene rings is 1. The van der Waals surface area contributed by atoms with Crippen molar-refractivity contribution in [2.45, 2.75) is 25.7 Å². The summed E-state index contributed by atoms with van der Waals surface area (Å²) in [5.41, 5.74) is 4.03. The topological polar surface area (TPSA) is 82.0 Å². The molecule has 0 atom stereocenters. The van der Waals surface area contributed by atoms with Crippen molar-refractivity contribution < 1.29 is 9.59 Å². The Morgan fingerprint density at radius 3 is 2.30 bits per heavy atom. The Kier molecular flexibility index (Phi) is 4.26. The van der Waals surface area contributed by atoms with E-state index in [2.05, 4.69) is 16.9 Å². The van der Waals surface area contributed by atoms with E-state index in [9.17, 15) is 9.59 Å². The fourth-order valence-corrected chi connectivity index (χ4v) is 2.40. The molecule has 0 aromatic heterocycles. The Balaban J connectivity index is 1.95. The van der Waals surface area contributed by atoms with Crippen molar-refractivity contribution in [3.63, 3.8) is 0 Å². The van der Waals surface area contributed by atoms with Crippen molar-refractivity contribution >= 4 is 23.4 Å². The molecule has 104 valence electrons. The van der Waals surface area contributed by atoms with E-state index in [-0.39, 0.29) is 0 Å². The van der Waals surface area contributed by atoms with Gasteiger partial charge in [0.2, 0.25) is 0 Å². The molecule has 20 heavy (non-hydrogen) atoms. The van der Waals surface area contributed by atoms with Crippen LogP contribution in [-0.4, -0.2) is 11.8 Å². The minimum absolute atomic E-state index is 0.382. The zero-order chi connectivity index (χ0) is 14.6. The molecule has 2 amide bonds. The lowest BCUT2D eigenvalue weighted by Gasteiger charge is -2.19. The molecule has 0 heterocycles. The second kappa shape index (κ2) is 5.93. The molecule has 1 aliphatic carbocycles. The van der Waals surface area contributed by atoms with Gasteiger partial charge in [-0.15, -0.1) is 0 Å². The van der Waals surface area contributed by atoms with Crippen LogP contribution in [0.4, 0.5) is 0 Å². The first-order valence-corrected chi connectivity index (χ1v) is 6.73. The number of hydrazine groups is 1. The molecule has 1 saturated carbocycles. The van der Waals surface area contributed by atoms with E-state index in [0.717, 1.165) is 12.8 Å². The summed E-state index contributed by atoms with van der Waals surface area (Å²) in [7, 11) is 0. The van der Waals surface area contributed by atoms with Crippen molar-refractivity contribution in [3.8, 4) is 6.07 Å². The highest BCUT2D eigenvalue weighted by Gasteiger charge is 2.41. The third kappa shape index (κ3) is 2.91. The lowest BCUT2D eigenvalue weighted by molar-refractivity contribution is -0.128. The van der Waals surface area contributed by atoms with Crippen LogP contribution in [0.2, 0.25) is 5.02 Å². The van der Waals surface area contributed by atoms with E-state index in [1.807, 2.05) is 0 Å². The van der Waals surface area contributed by atoms with Gasteiger partial charge in [-0.05, 0) is 37.1 Å². The number of halogens is 1. The van der Waals surface area contributed by atoms with Crippen molar-refractivity contribution in [3.05, 3.63) is 34.9 Å². The summed E-state index contributed by atoms with van der Waals surface area (Å²) in [6, 6.07) is 8.36. The Morgan fingerprint density at radius 1 is 1.15 bits per heavy atom. The lowest BCUT2D eigenvalue weighted by Crippen LogP contribution is -2.48. The van der Waals surface area contributed by atoms with Crippen molar-refractivity contribution in [2.75, 3.05) is 0 Å². The maximum absolute atomic E-state index is 12.0. The molecule has 0 bridgehead atoms. The number of hydrogen-bond acceptors (Lipinski definition) is 3. The molecule has 1 fully saturated rings. The van der Waals surface area contributed by atoms with E-state index in [4.69, 9.17) is 16.9 Å². The van der Waals surface area contributed by atoms with E-state index in [1.165, 1.54) is 0 Å². The Hall–Kier alpha value is -2.06. The van der Waals surface area contributed by atoms with Gasteiger partial charge in [-0.3, -0.25) is 20.4 Å². The van der Waals surface area contributed by atoms with Crippen molar-refractivity contribution in [2.24, 2.45) is 5.41 Å². The number of hydrogen-bond donors (Lipinski definition) is 2. The molecule has 0 aliphatic heterocycles. The standard InChI is InChI=1S/C14H14ClN3O2/c15-11-5-3-10(4-6-11)12(19)17-18-13(20)14(9-16)7-1-2-8-14/h3-6H,1-2,7-8H2,(H,17,19)(H,18,20). The fraction of sp³-hybridized carbons (Fsp3) is 0.357. The molecule has 5 nitrogen and oxygen atoms in total. The first kappa shape index (κ1) is 14.4. The maximum atomic E-state index is 12.0. The molecule has 0 unspecified atom stereocenters. The average molecular weight is 292 g/mol. The largest absolute Gasteiger partial charge is 0.271 e. The van der Waals surface area contributed by atoms with E-state index in [0.29, 0.717) is 23.4 Å². The second-order valence-electron chi connectivity index (χ2n) is 4.82. The first-order chi connectivity index (χ1) is 9.57. The van der Waals surface area contributed by atoms with E-state index >= 15 is 0 Å². The zero-order valence-electron chi connectivity index (χ0n) is 10.8. The monoisotopic (exact) mass is 291 g/mol. The van der Waals surface area contributed by atoms with Gasteiger partial charge in [-0.25, -0.2) is 0 Å². The van der Waals surface area contributed by atoms with Gasteiger partial charge in [0.1, 0.15) is 5.41 Å². The third-order valence-corrected chi connectivity index (χ3v) is 3.75. The highest BCUT2D eigenvalue weighted by molar-refractivity contribution is 6.30. The van der Waals surface area contributed by atoms with E-state index in [1.54, 1.807) is 24.3 Å². The van der Waals surface area contributed by atoms with Crippen LogP contribution in [0.25, 0.3) is 0 Å². The number of nitrogens with one attached hydrogen (secondary N) is 2. The predicted molar refractivity (Wildman–Crippen MR) is 73.6 cm³/mol. The minimum atomic E-state index is -1.01. The number of nitriles is 1. The minimum Gasteiger partial charge on any atom is -0.271 e. The lowest BCUT2D eigenvalue weighted by atomic mass is 9.87. The van der Waals surface area contributed by atoms with Crippen LogP contribution in [0.1, 0.15) is 36.0 Å². The van der Waals surface area contributed by atoms with Crippen LogP contribution >= 0.6 is 11.6 Å². The van der Waals surface area contributed by atoms with Crippen LogP contribution in [0.3, 0.4) is 0 Å². The van der Waals surface area contributed by atoms with Gasteiger partial charge in [0.15, 0.2) is 0 Å². The summed E-state index contributed by atoms with van der Waals surface area (Å²) in [6.45, 7) is 0. The highest BCUT2D eigenvalue weighted by atomic mass is 35.5. The van der Waals surface area contributed by atoms with E-state index < -0.39 is 17.2 Å². The summed E-state index contributed by atoms with van der Waals surface area (Å²) in [6.07, 6.45) is 2.77. The Bertz CT molecular complexity index is 557. The Labute approximate surface area is 121 Å². The van der Waals surface area contributed by atoms with Crippen LogP contribution < -0.4 is 10.9 Å². The SMILES string of the molecule is N#CC1(C(=O)NNC(=O)c2ccc(Cl)cc2)CCCC1. The average Bonchev–Trinajstić information content (AvgIpc) is 2.95. The van der Waals surface area contributed by atoms with Gasteiger partial charge in [0, 0.05) is 10.6 Å². The number of carbonyl (C=O) groups is 2. The van der Waals surface area contributed by atoms with Gasteiger partial charge >= 0.3 is 0 Å². The second-order valence-corrected chi connectivity index (χ2v) is 5.25. The first-order valence-electron chi connectivity index (χ1n) is 6.35.